The Balaban J connectivity index is 1.96. The molecule has 0 radical (unpaired) electrons. The molecule has 0 aliphatic carbocycles. The molecule has 2 fully saturated rings. The van der Waals surface area contributed by atoms with Crippen LogP contribution in [0.4, 0.5) is 13.2 Å². The summed E-state index contributed by atoms with van der Waals surface area (Å²) in [5.41, 5.74) is 0. The lowest BCUT2D eigenvalue weighted by molar-refractivity contribution is -0.157. The molecule has 0 aromatic rings. The van der Waals surface area contributed by atoms with Crippen molar-refractivity contribution < 1.29 is 22.8 Å². The van der Waals surface area contributed by atoms with Crippen molar-refractivity contribution in [3.05, 3.63) is 0 Å². The van der Waals surface area contributed by atoms with Gasteiger partial charge in [0.05, 0.1) is 5.92 Å². The van der Waals surface area contributed by atoms with Crippen molar-refractivity contribution in [1.82, 2.24) is 15.1 Å². The number of halogens is 3. The molecule has 2 saturated heterocycles. The van der Waals surface area contributed by atoms with Crippen molar-refractivity contribution >= 4 is 11.8 Å². The van der Waals surface area contributed by atoms with Gasteiger partial charge in [-0.2, -0.15) is 13.2 Å². The number of carbonyl (C=O) groups is 2. The molecule has 120 valence electrons. The lowest BCUT2D eigenvalue weighted by Gasteiger charge is -2.27. The fourth-order valence-electron chi connectivity index (χ4n) is 3.12. The maximum Gasteiger partial charge on any atom is 0.406 e. The molecular weight excluding hydrogens is 287 g/mol. The SMILES string of the molecule is CNC[C@H]1CCCN1C(=O)[C@@H]1CC(=O)N(CC(F)(F)F)C1. The third kappa shape index (κ3) is 3.87. The Morgan fingerprint density at radius 3 is 2.76 bits per heavy atom. The van der Waals surface area contributed by atoms with E-state index < -0.39 is 24.5 Å². The second-order valence-electron chi connectivity index (χ2n) is 5.68. The Labute approximate surface area is 121 Å². The second kappa shape index (κ2) is 6.21. The van der Waals surface area contributed by atoms with Crippen LogP contribution in [0.25, 0.3) is 0 Å². The Hall–Kier alpha value is -1.31. The number of rotatable bonds is 4. The number of amides is 2. The number of likely N-dealkylation sites (tertiary alicyclic amines) is 2. The third-order valence-corrected chi connectivity index (χ3v) is 4.03. The minimum absolute atomic E-state index is 0.0780. The molecule has 2 aliphatic heterocycles. The molecule has 21 heavy (non-hydrogen) atoms. The van der Waals surface area contributed by atoms with E-state index >= 15 is 0 Å². The minimum atomic E-state index is -4.42. The van der Waals surface area contributed by atoms with E-state index in [0.29, 0.717) is 13.1 Å². The molecule has 0 spiro atoms. The predicted molar refractivity (Wildman–Crippen MR) is 69.4 cm³/mol. The fraction of sp³-hybridized carbons (Fsp3) is 0.846. The standard InChI is InChI=1S/C13H20F3N3O2/c1-17-6-10-3-2-4-19(10)12(21)9-5-11(20)18(7-9)8-13(14,15)16/h9-10,17H,2-8H2,1H3/t9-,10-/m1/s1. The topological polar surface area (TPSA) is 52.7 Å². The van der Waals surface area contributed by atoms with Crippen LogP contribution in [0.2, 0.25) is 0 Å². The lowest BCUT2D eigenvalue weighted by atomic mass is 10.1. The summed E-state index contributed by atoms with van der Waals surface area (Å²) in [7, 11) is 1.80. The molecule has 2 amide bonds. The summed E-state index contributed by atoms with van der Waals surface area (Å²) < 4.78 is 37.1. The van der Waals surface area contributed by atoms with Gasteiger partial charge in [0.2, 0.25) is 11.8 Å². The Bertz CT molecular complexity index is 414. The number of nitrogens with zero attached hydrogens (tertiary/aromatic N) is 2. The molecule has 2 heterocycles. The molecule has 0 saturated carbocycles. The van der Waals surface area contributed by atoms with Crippen LogP contribution < -0.4 is 5.32 Å². The van der Waals surface area contributed by atoms with E-state index in [0.717, 1.165) is 17.7 Å². The zero-order valence-electron chi connectivity index (χ0n) is 11.9. The molecule has 8 heteroatoms. The molecular formula is C13H20F3N3O2. The normalized spacial score (nSPS) is 26.8. The maximum absolute atomic E-state index is 12.4. The van der Waals surface area contributed by atoms with Crippen LogP contribution >= 0.6 is 0 Å². The molecule has 2 rings (SSSR count). The van der Waals surface area contributed by atoms with Crippen LogP contribution in [0, 0.1) is 5.92 Å². The van der Waals surface area contributed by atoms with E-state index in [1.54, 1.807) is 11.9 Å². The van der Waals surface area contributed by atoms with E-state index in [1.165, 1.54) is 0 Å². The minimum Gasteiger partial charge on any atom is -0.338 e. The van der Waals surface area contributed by atoms with E-state index in [4.69, 9.17) is 0 Å². The Kier molecular flexibility index (Phi) is 4.75. The van der Waals surface area contributed by atoms with Crippen molar-refractivity contribution in [3.8, 4) is 0 Å². The summed E-state index contributed by atoms with van der Waals surface area (Å²) in [5.74, 6) is -1.42. The van der Waals surface area contributed by atoms with E-state index in [9.17, 15) is 22.8 Å². The number of likely N-dealkylation sites (N-methyl/N-ethyl adjacent to an activating group) is 1. The average molecular weight is 307 g/mol. The van der Waals surface area contributed by atoms with Gasteiger partial charge in [0.25, 0.3) is 0 Å². The Morgan fingerprint density at radius 1 is 1.43 bits per heavy atom. The van der Waals surface area contributed by atoms with Crippen LogP contribution in [0.1, 0.15) is 19.3 Å². The number of nitrogens with one attached hydrogen (secondary N) is 1. The monoisotopic (exact) mass is 307 g/mol. The summed E-state index contributed by atoms with van der Waals surface area (Å²) in [6, 6.07) is 0.0780. The number of hydrogen-bond acceptors (Lipinski definition) is 3. The lowest BCUT2D eigenvalue weighted by Crippen LogP contribution is -2.44. The highest BCUT2D eigenvalue weighted by atomic mass is 19.4. The zero-order valence-corrected chi connectivity index (χ0v) is 11.9. The predicted octanol–water partition coefficient (Wildman–Crippen LogP) is 0.608. The number of alkyl halides is 3. The van der Waals surface area contributed by atoms with Crippen molar-refractivity contribution in [2.45, 2.75) is 31.5 Å². The average Bonchev–Trinajstić information content (AvgIpc) is 2.95. The number of hydrogen-bond donors (Lipinski definition) is 1. The van der Waals surface area contributed by atoms with Crippen molar-refractivity contribution in [2.75, 3.05) is 33.2 Å². The molecule has 2 aliphatic rings. The van der Waals surface area contributed by atoms with Gasteiger partial charge in [0.1, 0.15) is 6.54 Å². The van der Waals surface area contributed by atoms with Crippen molar-refractivity contribution in [1.29, 1.82) is 0 Å². The molecule has 0 bridgehead atoms. The van der Waals surface area contributed by atoms with Crippen LogP contribution in [0.5, 0.6) is 0 Å². The maximum atomic E-state index is 12.4. The number of carbonyl (C=O) groups excluding carboxylic acids is 2. The van der Waals surface area contributed by atoms with Gasteiger partial charge in [-0.05, 0) is 19.9 Å². The van der Waals surface area contributed by atoms with E-state index in [2.05, 4.69) is 5.32 Å². The first-order valence-corrected chi connectivity index (χ1v) is 7.11. The summed E-state index contributed by atoms with van der Waals surface area (Å²) in [4.78, 5) is 26.5. The first-order chi connectivity index (χ1) is 9.81. The van der Waals surface area contributed by atoms with Crippen LogP contribution in [-0.2, 0) is 9.59 Å². The summed E-state index contributed by atoms with van der Waals surface area (Å²) >= 11 is 0. The van der Waals surface area contributed by atoms with Gasteiger partial charge in [0.15, 0.2) is 0 Å². The third-order valence-electron chi connectivity index (χ3n) is 4.03. The van der Waals surface area contributed by atoms with Gasteiger partial charge in [-0.3, -0.25) is 9.59 Å². The van der Waals surface area contributed by atoms with Gasteiger partial charge < -0.3 is 15.1 Å². The van der Waals surface area contributed by atoms with Gasteiger partial charge in [-0.15, -0.1) is 0 Å². The first-order valence-electron chi connectivity index (χ1n) is 7.11. The smallest absolute Gasteiger partial charge is 0.338 e. The van der Waals surface area contributed by atoms with Crippen LogP contribution in [-0.4, -0.2) is 67.1 Å². The van der Waals surface area contributed by atoms with E-state index in [-0.39, 0.29) is 24.9 Å². The largest absolute Gasteiger partial charge is 0.406 e. The molecule has 0 aromatic carbocycles. The first kappa shape index (κ1) is 16.1. The van der Waals surface area contributed by atoms with E-state index in [1.807, 2.05) is 0 Å². The second-order valence-corrected chi connectivity index (χ2v) is 5.68. The summed E-state index contributed by atoms with van der Waals surface area (Å²) in [6.45, 7) is -0.108. The van der Waals surface area contributed by atoms with Gasteiger partial charge in [-0.1, -0.05) is 0 Å². The van der Waals surface area contributed by atoms with Crippen molar-refractivity contribution in [3.63, 3.8) is 0 Å². The zero-order chi connectivity index (χ0) is 15.6. The van der Waals surface area contributed by atoms with Gasteiger partial charge in [-0.25, -0.2) is 0 Å². The summed E-state index contributed by atoms with van der Waals surface area (Å²) in [6.07, 6.45) is -2.75. The van der Waals surface area contributed by atoms with Crippen LogP contribution in [0.3, 0.4) is 0 Å². The van der Waals surface area contributed by atoms with Gasteiger partial charge >= 0.3 is 6.18 Å². The van der Waals surface area contributed by atoms with Crippen LogP contribution in [0.15, 0.2) is 0 Å². The van der Waals surface area contributed by atoms with Gasteiger partial charge in [0, 0.05) is 32.1 Å². The molecule has 1 N–H and O–H groups in total. The molecule has 0 aromatic heterocycles. The Morgan fingerprint density at radius 2 is 2.14 bits per heavy atom. The summed E-state index contributed by atoms with van der Waals surface area (Å²) in [5, 5.41) is 3.01. The quantitative estimate of drug-likeness (QED) is 0.828. The molecule has 0 unspecified atom stereocenters. The van der Waals surface area contributed by atoms with Crippen molar-refractivity contribution in [2.24, 2.45) is 5.92 Å². The fourth-order valence-corrected chi connectivity index (χ4v) is 3.12. The highest BCUT2D eigenvalue weighted by Gasteiger charge is 2.43. The molecule has 2 atom stereocenters. The highest BCUT2D eigenvalue weighted by Crippen LogP contribution is 2.27. The highest BCUT2D eigenvalue weighted by molar-refractivity contribution is 5.89. The molecule has 5 nitrogen and oxygen atoms in total.